The summed E-state index contributed by atoms with van der Waals surface area (Å²) in [5.74, 6) is 0. The zero-order valence-corrected chi connectivity index (χ0v) is 42.1. The number of nitrogens with zero attached hydrogens (tertiary/aromatic N) is 2. The van der Waals surface area contributed by atoms with E-state index in [2.05, 4.69) is 301 Å². The van der Waals surface area contributed by atoms with Crippen LogP contribution in [0, 0.1) is 0 Å². The summed E-state index contributed by atoms with van der Waals surface area (Å²) in [4.78, 5) is 2.49. The van der Waals surface area contributed by atoms with Crippen LogP contribution in [-0.4, -0.2) is 4.57 Å². The van der Waals surface area contributed by atoms with Crippen LogP contribution in [0.15, 0.2) is 291 Å². The first-order chi connectivity index (χ1) is 38.2. The van der Waals surface area contributed by atoms with Crippen molar-refractivity contribution in [3.63, 3.8) is 0 Å². The summed E-state index contributed by atoms with van der Waals surface area (Å²) < 4.78 is 2.43. The average molecular weight is 977 g/mol. The molecular weight excluding hydrogens is 929 g/mol. The number of para-hydroxylation sites is 1. The number of aromatic nitrogens is 1. The van der Waals surface area contributed by atoms with Gasteiger partial charge in [0.1, 0.15) is 0 Å². The predicted molar refractivity (Wildman–Crippen MR) is 323 cm³/mol. The van der Waals surface area contributed by atoms with E-state index in [-0.39, 0.29) is 0 Å². The third-order valence-electron chi connectivity index (χ3n) is 16.8. The molecule has 0 aliphatic heterocycles. The summed E-state index contributed by atoms with van der Waals surface area (Å²) in [6.45, 7) is 0. The van der Waals surface area contributed by atoms with Crippen molar-refractivity contribution in [2.24, 2.45) is 0 Å². The van der Waals surface area contributed by atoms with Crippen molar-refractivity contribution in [2.75, 3.05) is 4.90 Å². The van der Waals surface area contributed by atoms with Gasteiger partial charge in [-0.25, -0.2) is 0 Å². The Kier molecular flexibility index (Phi) is 9.58. The number of fused-ring (bicyclic) bond motifs is 15. The first-order valence-electron chi connectivity index (χ1n) is 26.7. The molecule has 0 N–H and O–H groups in total. The van der Waals surface area contributed by atoms with Gasteiger partial charge in [0.25, 0.3) is 0 Å². The van der Waals surface area contributed by atoms with Crippen molar-refractivity contribution in [3.05, 3.63) is 313 Å². The minimum atomic E-state index is -0.460. The fourth-order valence-corrected chi connectivity index (χ4v) is 13.5. The van der Waals surface area contributed by atoms with Crippen LogP contribution in [0.25, 0.3) is 105 Å². The molecule has 13 aromatic carbocycles. The average Bonchev–Trinajstić information content (AvgIpc) is 4.19. The van der Waals surface area contributed by atoms with E-state index >= 15 is 0 Å². The van der Waals surface area contributed by atoms with E-state index in [1.54, 1.807) is 0 Å². The Bertz CT molecular complexity index is 4610. The summed E-state index contributed by atoms with van der Waals surface area (Å²) in [6.07, 6.45) is 0. The van der Waals surface area contributed by atoms with E-state index in [4.69, 9.17) is 0 Å². The lowest BCUT2D eigenvalue weighted by molar-refractivity contribution is 0.793. The van der Waals surface area contributed by atoms with Gasteiger partial charge in [0.2, 0.25) is 0 Å². The van der Waals surface area contributed by atoms with E-state index in [1.807, 2.05) is 0 Å². The summed E-state index contributed by atoms with van der Waals surface area (Å²) in [6, 6.07) is 108. The molecule has 1 spiro atoms. The Hall–Kier alpha value is -10.0. The van der Waals surface area contributed by atoms with E-state index < -0.39 is 5.41 Å². The number of hydrogen-bond donors (Lipinski definition) is 0. The third-order valence-corrected chi connectivity index (χ3v) is 16.8. The summed E-state index contributed by atoms with van der Waals surface area (Å²) in [5.41, 5.74) is 24.2. The molecule has 2 nitrogen and oxygen atoms in total. The maximum atomic E-state index is 2.50. The molecule has 0 unspecified atom stereocenters. The second-order valence-corrected chi connectivity index (χ2v) is 20.7. The molecule has 1 aromatic heterocycles. The molecule has 14 aromatic rings. The highest BCUT2D eigenvalue weighted by Crippen LogP contribution is 2.63. The molecule has 2 heteroatoms. The second-order valence-electron chi connectivity index (χ2n) is 20.7. The van der Waals surface area contributed by atoms with E-state index in [9.17, 15) is 0 Å². The van der Waals surface area contributed by atoms with Gasteiger partial charge in [-0.15, -0.1) is 0 Å². The Morgan fingerprint density at radius 2 is 0.753 bits per heavy atom. The van der Waals surface area contributed by atoms with Crippen LogP contribution in [0.5, 0.6) is 0 Å². The molecule has 0 radical (unpaired) electrons. The second kappa shape index (κ2) is 17.0. The molecule has 2 aliphatic rings. The number of rotatable bonds is 7. The van der Waals surface area contributed by atoms with Crippen LogP contribution in [0.4, 0.5) is 17.1 Å². The largest absolute Gasteiger partial charge is 0.310 e. The highest BCUT2D eigenvalue weighted by Gasteiger charge is 2.51. The van der Waals surface area contributed by atoms with Gasteiger partial charge < -0.3 is 9.47 Å². The van der Waals surface area contributed by atoms with Gasteiger partial charge in [-0.05, 0) is 143 Å². The van der Waals surface area contributed by atoms with E-state index in [0.717, 1.165) is 17.1 Å². The molecule has 77 heavy (non-hydrogen) atoms. The van der Waals surface area contributed by atoms with Crippen LogP contribution in [0.1, 0.15) is 22.3 Å². The molecule has 2 aliphatic carbocycles. The van der Waals surface area contributed by atoms with Crippen LogP contribution in [-0.2, 0) is 5.41 Å². The predicted octanol–water partition coefficient (Wildman–Crippen LogP) is 19.9. The highest BCUT2D eigenvalue weighted by molar-refractivity contribution is 6.12. The van der Waals surface area contributed by atoms with Gasteiger partial charge in [-0.3, -0.25) is 0 Å². The summed E-state index contributed by atoms with van der Waals surface area (Å²) in [5, 5.41) is 7.40. The molecule has 0 bridgehead atoms. The lowest BCUT2D eigenvalue weighted by Gasteiger charge is -2.32. The minimum Gasteiger partial charge on any atom is -0.310 e. The van der Waals surface area contributed by atoms with Crippen LogP contribution < -0.4 is 4.90 Å². The lowest BCUT2D eigenvalue weighted by atomic mass is 9.70. The standard InChI is InChI=1S/C75H48N2/c1-2-17-52(18-3-1)57-44-46-73(64-26-7-6-22-59(57)64)76(56-42-43-63-62-25-10-14-30-69(62)75(70(63)48-56)67-28-12-8-23-60(67)61-24-9-13-29-68(61)75)55-40-37-50(38-41-55)49-33-35-51(36-34-49)54-39-45-74-66(47-54)65-27-11-15-31-72(65)77(74)71-32-16-20-53-19-4-5-21-58(53)71/h1-48H. The monoisotopic (exact) mass is 976 g/mol. The first kappa shape index (κ1) is 43.4. The molecule has 0 fully saturated rings. The smallest absolute Gasteiger partial charge is 0.0726 e. The minimum absolute atomic E-state index is 0.460. The molecule has 0 atom stereocenters. The molecular formula is C75H48N2. The van der Waals surface area contributed by atoms with Crippen molar-refractivity contribution < 1.29 is 0 Å². The van der Waals surface area contributed by atoms with Crippen molar-refractivity contribution >= 4 is 60.4 Å². The highest BCUT2D eigenvalue weighted by atomic mass is 15.1. The number of anilines is 3. The molecule has 16 rings (SSSR count). The quantitative estimate of drug-likeness (QED) is 0.154. The maximum Gasteiger partial charge on any atom is 0.0726 e. The van der Waals surface area contributed by atoms with Crippen LogP contribution in [0.3, 0.4) is 0 Å². The van der Waals surface area contributed by atoms with Crippen molar-refractivity contribution in [2.45, 2.75) is 5.41 Å². The zero-order chi connectivity index (χ0) is 50.6. The lowest BCUT2D eigenvalue weighted by Crippen LogP contribution is -2.26. The Labute approximate surface area is 447 Å². The fraction of sp³-hybridized carbons (Fsp3) is 0.0133. The Morgan fingerprint density at radius 3 is 1.45 bits per heavy atom. The molecule has 0 saturated heterocycles. The van der Waals surface area contributed by atoms with Crippen molar-refractivity contribution in [3.8, 4) is 61.3 Å². The summed E-state index contributed by atoms with van der Waals surface area (Å²) >= 11 is 0. The third kappa shape index (κ3) is 6.43. The van der Waals surface area contributed by atoms with Crippen molar-refractivity contribution in [1.82, 2.24) is 4.57 Å². The van der Waals surface area contributed by atoms with Gasteiger partial charge in [0.15, 0.2) is 0 Å². The Morgan fingerprint density at radius 1 is 0.260 bits per heavy atom. The van der Waals surface area contributed by atoms with Gasteiger partial charge in [0.05, 0.1) is 27.8 Å². The van der Waals surface area contributed by atoms with E-state index in [1.165, 1.54) is 127 Å². The normalized spacial score (nSPS) is 12.8. The molecule has 1 heterocycles. The van der Waals surface area contributed by atoms with Gasteiger partial charge in [0, 0.05) is 32.9 Å². The van der Waals surface area contributed by atoms with Crippen LogP contribution in [0.2, 0.25) is 0 Å². The fourth-order valence-electron chi connectivity index (χ4n) is 13.5. The first-order valence-corrected chi connectivity index (χ1v) is 26.7. The van der Waals surface area contributed by atoms with Gasteiger partial charge in [-0.1, -0.05) is 237 Å². The summed E-state index contributed by atoms with van der Waals surface area (Å²) in [7, 11) is 0. The van der Waals surface area contributed by atoms with Crippen LogP contribution >= 0.6 is 0 Å². The number of hydrogen-bond acceptors (Lipinski definition) is 1. The SMILES string of the molecule is c1ccc(-c2ccc(N(c3ccc(-c4ccc(-c5ccc6c(c5)c5ccccc5n6-c5cccc6ccccc56)cc4)cc3)c3ccc4c(c3)C3(c5ccccc5-c5ccccc53)c3ccccc3-4)c3ccccc23)cc1. The number of benzene rings is 13. The zero-order valence-electron chi connectivity index (χ0n) is 42.1. The molecule has 0 amide bonds. The molecule has 358 valence electrons. The van der Waals surface area contributed by atoms with E-state index in [0.29, 0.717) is 0 Å². The van der Waals surface area contributed by atoms with Crippen molar-refractivity contribution in [1.29, 1.82) is 0 Å². The topological polar surface area (TPSA) is 8.17 Å². The van der Waals surface area contributed by atoms with Gasteiger partial charge >= 0.3 is 0 Å². The van der Waals surface area contributed by atoms with Gasteiger partial charge in [-0.2, -0.15) is 0 Å². The maximum absolute atomic E-state index is 2.50. The molecule has 0 saturated carbocycles. The Balaban J connectivity index is 0.813.